The van der Waals surface area contributed by atoms with Crippen molar-refractivity contribution in [3.63, 3.8) is 0 Å². The minimum absolute atomic E-state index is 0.0279. The number of hydrogen-bond acceptors (Lipinski definition) is 2. The van der Waals surface area contributed by atoms with Gasteiger partial charge in [-0.15, -0.1) is 0 Å². The third-order valence-corrected chi connectivity index (χ3v) is 19.3. The summed E-state index contributed by atoms with van der Waals surface area (Å²) in [6.45, 7) is -3.02. The zero-order chi connectivity index (χ0) is 96.2. The first-order valence-corrected chi connectivity index (χ1v) is 29.6. The SMILES string of the molecule is [2H]c1c([2H])c([2H])c(-c2cnc(-n3c4ccccc4c4ccc(Oc5cccc(-n6[c-][n+](-c7c(-c8c([2H])c([2H])c([2H])c([2H])c8[2H])cccc7-c7c([2H])c(-c8c([2H])c([2H])c([2H])c([2H])c8[2H])c([2H])c(-c8c([2H])c([2H])c([2H])c([2H])c8[2H])c7[2H])c7ccc([Si](c8c([2H])c([2H])c([2H])c([2H])c8[2H])(c8c([2H])c([2H])c([2H])c([2H])c8[2H])c8c([2H])c([2H])c([2H])c([2H])c8[2H])cc76)c5)cc43)cc2C([2H])([2H])[2H])c([2H])c1[2H]. The molecular weight excluding hydrogens is 1120 g/mol. The summed E-state index contributed by atoms with van der Waals surface area (Å²) in [5.74, 6) is -0.0955. The maximum Gasteiger partial charge on any atom is 0.269 e. The number of aryl methyl sites for hydroxylation is 1. The van der Waals surface area contributed by atoms with Crippen molar-refractivity contribution in [2.75, 3.05) is 0 Å². The van der Waals surface area contributed by atoms with Crippen LogP contribution >= 0.6 is 0 Å². The minimum Gasteiger partial charge on any atom is -0.458 e. The fourth-order valence-corrected chi connectivity index (χ4v) is 15.0. The van der Waals surface area contributed by atoms with E-state index in [1.165, 1.54) is 59.2 Å². The van der Waals surface area contributed by atoms with E-state index in [1.807, 2.05) is 0 Å². The first-order valence-electron chi connectivity index (χ1n) is 48.1. The van der Waals surface area contributed by atoms with E-state index in [0.717, 1.165) is 22.9 Å². The Morgan fingerprint density at radius 1 is 0.418 bits per heavy atom. The second-order valence-corrected chi connectivity index (χ2v) is 23.7. The van der Waals surface area contributed by atoms with Crippen molar-refractivity contribution < 1.29 is 65.5 Å². The van der Waals surface area contributed by atoms with E-state index < -0.39 is 327 Å². The third-order valence-electron chi connectivity index (χ3n) is 15.1. The molecule has 0 unspecified atom stereocenters. The lowest BCUT2D eigenvalue weighted by atomic mass is 9.90. The fourth-order valence-electron chi connectivity index (χ4n) is 11.2. The van der Waals surface area contributed by atoms with Crippen LogP contribution in [0.15, 0.2) is 345 Å². The van der Waals surface area contributed by atoms with Gasteiger partial charge in [-0.1, -0.05) is 272 Å². The number of pyridine rings is 1. The van der Waals surface area contributed by atoms with Gasteiger partial charge in [-0.25, -0.2) is 4.98 Å². The van der Waals surface area contributed by atoms with Crippen LogP contribution in [0.25, 0.3) is 106 Å². The molecule has 0 aliphatic rings. The van der Waals surface area contributed by atoms with E-state index >= 15 is 0 Å². The van der Waals surface area contributed by atoms with Gasteiger partial charge in [-0.05, 0) is 144 Å². The van der Waals surface area contributed by atoms with Gasteiger partial charge in [0.1, 0.15) is 17.3 Å². The molecule has 0 saturated carbocycles. The Morgan fingerprint density at radius 2 is 0.934 bits per heavy atom. The Balaban J connectivity index is 1.06. The van der Waals surface area contributed by atoms with Gasteiger partial charge in [0.15, 0.2) is 8.07 Å². The van der Waals surface area contributed by atoms with Crippen LogP contribution in [0.1, 0.15) is 61.8 Å². The highest BCUT2D eigenvalue weighted by atomic mass is 28.3. The largest absolute Gasteiger partial charge is 0.458 e. The molecule has 430 valence electrons. The molecule has 16 rings (SSSR count). The molecule has 5 nitrogen and oxygen atoms in total. The van der Waals surface area contributed by atoms with Crippen LogP contribution in [-0.2, 0) is 0 Å². The summed E-state index contributed by atoms with van der Waals surface area (Å²) in [7, 11) is -6.14. The Kier molecular flexibility index (Phi) is 6.84. The van der Waals surface area contributed by atoms with Crippen LogP contribution in [0.5, 0.6) is 11.5 Å². The highest BCUT2D eigenvalue weighted by Gasteiger charge is 2.42. The van der Waals surface area contributed by atoms with Crippen LogP contribution in [0.4, 0.5) is 0 Å². The van der Waals surface area contributed by atoms with Gasteiger partial charge in [-0.2, -0.15) is 0 Å². The summed E-state index contributed by atoms with van der Waals surface area (Å²) >= 11 is 0. The van der Waals surface area contributed by atoms with Gasteiger partial charge >= 0.3 is 0 Å². The van der Waals surface area contributed by atoms with Gasteiger partial charge in [0.2, 0.25) is 0 Å². The maximum atomic E-state index is 10.5. The van der Waals surface area contributed by atoms with Crippen molar-refractivity contribution in [3.05, 3.63) is 357 Å². The zero-order valence-corrected chi connectivity index (χ0v) is 47.7. The topological polar surface area (TPSA) is 35.9 Å². The number of imidazole rings is 1. The van der Waals surface area contributed by atoms with Crippen LogP contribution in [0, 0.1) is 13.2 Å². The van der Waals surface area contributed by atoms with E-state index in [1.54, 1.807) is 47.0 Å². The maximum absolute atomic E-state index is 10.5. The fraction of sp³-hybridized carbons (Fsp3) is 0.0118. The first kappa shape index (κ1) is 26.6. The number of nitrogens with zero attached hydrogens (tertiary/aromatic N) is 4. The Hall–Kier alpha value is -11.7. The molecule has 0 saturated heterocycles. The molecule has 0 aliphatic carbocycles. The Labute approximate surface area is 588 Å². The second kappa shape index (κ2) is 23.4. The molecule has 0 atom stereocenters. The first-order chi connectivity index (χ1) is 62.0. The number of rotatable bonds is 14. The molecule has 3 aromatic heterocycles. The van der Waals surface area contributed by atoms with Crippen molar-refractivity contribution in [1.82, 2.24) is 14.1 Å². The molecule has 0 bridgehead atoms. The lowest BCUT2D eigenvalue weighted by molar-refractivity contribution is -0.571. The summed E-state index contributed by atoms with van der Waals surface area (Å²) in [6.07, 6.45) is 4.32. The molecule has 13 aromatic carbocycles. The van der Waals surface area contributed by atoms with E-state index in [2.05, 4.69) is 11.3 Å². The van der Waals surface area contributed by atoms with Crippen LogP contribution in [0.3, 0.4) is 0 Å². The normalized spacial score (nSPS) is 18.0. The van der Waals surface area contributed by atoms with Crippen molar-refractivity contribution in [1.29, 1.82) is 0 Å². The molecule has 91 heavy (non-hydrogen) atoms. The Morgan fingerprint density at radius 3 is 1.54 bits per heavy atom. The van der Waals surface area contributed by atoms with Crippen molar-refractivity contribution in [2.24, 2.45) is 0 Å². The predicted octanol–water partition coefficient (Wildman–Crippen LogP) is 18.0. The summed E-state index contributed by atoms with van der Waals surface area (Å²) in [5.41, 5.74) is -7.81. The minimum atomic E-state index is -6.14. The standard InChI is InChI=1S/C85H60N4OSi/c1-60-51-84(86-58-79(60)64-33-15-5-16-34-64)89-80-46-24-23-43-77(80)78-49-47-70(56-82(78)89)90-69-36-25-35-68(55-69)87-59-88(81-50-48-74(57-83(81)87)91(71-37-17-6-18-38-71,72-39-19-7-20-40-72)73-41-21-8-22-42-73)85-75(63-31-13-4-14-32-63)44-26-45-76(85)67-53-65(61-27-9-2-10-28-61)52-66(54-67)62-29-11-3-12-30-62/h2-58H,1H3/i1D3,2D,3D,4D,5D,6D,7D,8D,9D,10D,11D,12D,13D,14D,15D,16D,17D,18D,19D,20D,21D,22D,27D,28D,29D,30D,31D,32D,33D,34D,37D,38D,39D,40D,41D,42D,52D,53D,54D. The molecule has 0 N–H and O–H groups in total. The molecule has 0 fully saturated rings. The van der Waals surface area contributed by atoms with Gasteiger partial charge in [0.05, 0.1) is 85.5 Å². The smallest absolute Gasteiger partial charge is 0.269 e. The van der Waals surface area contributed by atoms with Crippen LogP contribution in [-0.4, -0.2) is 22.2 Å². The van der Waals surface area contributed by atoms with E-state index in [4.69, 9.17) is 32.2 Å². The lowest BCUT2D eigenvalue weighted by Gasteiger charge is -2.34. The van der Waals surface area contributed by atoms with Crippen LogP contribution < -0.4 is 30.1 Å². The van der Waals surface area contributed by atoms with Crippen LogP contribution in [0.2, 0.25) is 0 Å². The van der Waals surface area contributed by atoms with E-state index in [9.17, 15) is 28.8 Å². The molecule has 6 heteroatoms. The van der Waals surface area contributed by atoms with E-state index in [0.29, 0.717) is 21.8 Å². The van der Waals surface area contributed by atoms with Crippen molar-refractivity contribution in [3.8, 4) is 84.3 Å². The average Bonchev–Trinajstić information content (AvgIpc) is 0.775. The number of hydrogen-bond donors (Lipinski definition) is 0. The number of ether oxygens (including phenoxy) is 1. The summed E-state index contributed by atoms with van der Waals surface area (Å²) in [4.78, 5) is 4.68. The lowest BCUT2D eigenvalue weighted by Crippen LogP contribution is -2.74. The molecular formula is C85H60N4OSi. The predicted molar refractivity (Wildman–Crippen MR) is 378 cm³/mol. The van der Waals surface area contributed by atoms with Gasteiger partial charge in [-0.3, -0.25) is 13.7 Å². The van der Waals surface area contributed by atoms with Crippen molar-refractivity contribution in [2.45, 2.75) is 6.85 Å². The quantitative estimate of drug-likeness (QED) is 0.0471. The number of aromatic nitrogens is 4. The number of fused-ring (bicyclic) bond motifs is 4. The molecule has 16 aromatic rings. The van der Waals surface area contributed by atoms with Crippen molar-refractivity contribution >= 4 is 61.7 Å². The molecule has 0 radical (unpaired) electrons. The van der Waals surface area contributed by atoms with E-state index in [-0.39, 0.29) is 39.6 Å². The second-order valence-electron chi connectivity index (χ2n) is 20.1. The molecule has 3 heterocycles. The molecule has 0 amide bonds. The third kappa shape index (κ3) is 9.92. The number of benzene rings is 13. The summed E-state index contributed by atoms with van der Waals surface area (Å²) < 4.78 is 390. The average molecular weight is 1220 g/mol. The monoisotopic (exact) mass is 1220 g/mol. The van der Waals surface area contributed by atoms with Gasteiger partial charge in [0.25, 0.3) is 6.33 Å². The molecule has 0 aliphatic heterocycles. The summed E-state index contributed by atoms with van der Waals surface area (Å²) in [5, 5.41) is -2.19. The molecule has 0 spiro atoms. The highest BCUT2D eigenvalue weighted by molar-refractivity contribution is 7.20. The number of para-hydroxylation sites is 2. The van der Waals surface area contributed by atoms with Gasteiger partial charge < -0.3 is 4.74 Å². The Bertz CT molecular complexity index is 7390. The summed E-state index contributed by atoms with van der Waals surface area (Å²) in [6, 6.07) is -13.0. The highest BCUT2D eigenvalue weighted by Crippen LogP contribution is 2.40. The zero-order valence-electron chi connectivity index (χ0n) is 87.7. The van der Waals surface area contributed by atoms with Gasteiger partial charge in [0, 0.05) is 32.7 Å².